The zero-order valence-electron chi connectivity index (χ0n) is 21.0. The van der Waals surface area contributed by atoms with Gasteiger partial charge in [-0.05, 0) is 37.8 Å². The minimum atomic E-state index is -1.77. The normalized spacial score (nSPS) is 19.0. The minimum Gasteiger partial charge on any atom is -0.451 e. The van der Waals surface area contributed by atoms with Crippen LogP contribution in [0.2, 0.25) is 0 Å². The summed E-state index contributed by atoms with van der Waals surface area (Å²) in [6.07, 6.45) is 5.86. The summed E-state index contributed by atoms with van der Waals surface area (Å²) in [6, 6.07) is 2.71. The molecule has 2 aliphatic rings. The number of imide groups is 1. The number of hydrogen-bond donors (Lipinski definition) is 1. The lowest BCUT2D eigenvalue weighted by atomic mass is 9.90. The highest BCUT2D eigenvalue weighted by molar-refractivity contribution is 6.13. The van der Waals surface area contributed by atoms with Crippen LogP contribution in [0.3, 0.4) is 0 Å². The third-order valence-electron chi connectivity index (χ3n) is 7.23. The smallest absolute Gasteiger partial charge is 0.253 e. The van der Waals surface area contributed by atoms with Crippen LogP contribution < -0.4 is 10.5 Å². The van der Waals surface area contributed by atoms with Gasteiger partial charge in [-0.2, -0.15) is 13.9 Å². The van der Waals surface area contributed by atoms with Crippen LogP contribution in [0.25, 0.3) is 22.3 Å². The summed E-state index contributed by atoms with van der Waals surface area (Å²) >= 11 is 0. The number of ether oxygens (including phenoxy) is 1. The van der Waals surface area contributed by atoms with Gasteiger partial charge in [0.15, 0.2) is 17.3 Å². The molecule has 0 bridgehead atoms. The zero-order chi connectivity index (χ0) is 29.0. The standard InChI is InChI=1S/C27H19F5N6O3/c28-16-9-14(41-25-22(31)17(29)10-18(30)23(25)32)5-6-15(16)24-21-26(33)34-11-35-27(21)38(36-24)13-3-1-12(2-4-13)37-19(39)7-8-20(37)40/h5-13H,1-4H2,(H2,33,34,35). The van der Waals surface area contributed by atoms with Crippen molar-refractivity contribution in [1.82, 2.24) is 24.6 Å². The lowest BCUT2D eigenvalue weighted by molar-refractivity contribution is -0.140. The molecule has 2 aromatic heterocycles. The average molecular weight is 570 g/mol. The summed E-state index contributed by atoms with van der Waals surface area (Å²) in [5, 5.41) is 4.86. The summed E-state index contributed by atoms with van der Waals surface area (Å²) in [7, 11) is 0. The first-order chi connectivity index (χ1) is 19.6. The maximum atomic E-state index is 15.4. The van der Waals surface area contributed by atoms with Crippen molar-refractivity contribution in [3.05, 3.63) is 71.8 Å². The van der Waals surface area contributed by atoms with Crippen LogP contribution in [0.5, 0.6) is 11.5 Å². The molecule has 0 saturated heterocycles. The highest BCUT2D eigenvalue weighted by atomic mass is 19.2. The van der Waals surface area contributed by atoms with Crippen LogP contribution >= 0.6 is 0 Å². The average Bonchev–Trinajstić information content (AvgIpc) is 3.50. The Morgan fingerprint density at radius 1 is 0.829 bits per heavy atom. The van der Waals surface area contributed by atoms with Gasteiger partial charge in [-0.3, -0.25) is 14.5 Å². The van der Waals surface area contributed by atoms with Gasteiger partial charge in [0, 0.05) is 35.9 Å². The van der Waals surface area contributed by atoms with E-state index in [9.17, 15) is 27.2 Å². The highest BCUT2D eigenvalue weighted by Crippen LogP contribution is 2.39. The fourth-order valence-electron chi connectivity index (χ4n) is 5.28. The third-order valence-corrected chi connectivity index (χ3v) is 7.23. The quantitative estimate of drug-likeness (QED) is 0.205. The summed E-state index contributed by atoms with van der Waals surface area (Å²) in [5.74, 6) is -10.3. The number of nitrogen functional groups attached to an aromatic ring is 1. The Bertz CT molecular complexity index is 1720. The second-order valence-corrected chi connectivity index (χ2v) is 9.63. The van der Waals surface area contributed by atoms with E-state index in [0.717, 1.165) is 12.1 Å². The topological polar surface area (TPSA) is 116 Å². The predicted molar refractivity (Wildman–Crippen MR) is 134 cm³/mol. The number of amides is 2. The Morgan fingerprint density at radius 2 is 1.46 bits per heavy atom. The molecule has 0 spiro atoms. The Kier molecular flexibility index (Phi) is 6.39. The van der Waals surface area contributed by atoms with Crippen molar-refractivity contribution in [2.24, 2.45) is 0 Å². The number of aromatic nitrogens is 4. The van der Waals surface area contributed by atoms with E-state index in [-0.39, 0.29) is 52.4 Å². The first-order valence-electron chi connectivity index (χ1n) is 12.5. The van der Waals surface area contributed by atoms with E-state index >= 15 is 4.39 Å². The molecule has 0 unspecified atom stereocenters. The second kappa shape index (κ2) is 9.94. The van der Waals surface area contributed by atoms with Gasteiger partial charge in [-0.25, -0.2) is 27.8 Å². The number of hydrogen-bond acceptors (Lipinski definition) is 7. The summed E-state index contributed by atoms with van der Waals surface area (Å²) in [5.41, 5.74) is 6.48. The molecule has 1 fully saturated rings. The molecule has 1 aliphatic carbocycles. The fourth-order valence-corrected chi connectivity index (χ4v) is 5.28. The summed E-state index contributed by atoms with van der Waals surface area (Å²) in [6.45, 7) is 0. The monoisotopic (exact) mass is 570 g/mol. The number of anilines is 1. The Morgan fingerprint density at radius 3 is 2.10 bits per heavy atom. The molecule has 41 heavy (non-hydrogen) atoms. The molecule has 6 rings (SSSR count). The first kappa shape index (κ1) is 26.3. The van der Waals surface area contributed by atoms with Crippen molar-refractivity contribution >= 4 is 28.7 Å². The number of nitrogens with zero attached hydrogens (tertiary/aromatic N) is 5. The van der Waals surface area contributed by atoms with Gasteiger partial charge in [0.05, 0.1) is 11.4 Å². The number of rotatable bonds is 5. The predicted octanol–water partition coefficient (Wildman–Crippen LogP) is 4.97. The molecular formula is C27H19F5N6O3. The third kappa shape index (κ3) is 4.44. The van der Waals surface area contributed by atoms with E-state index in [0.29, 0.717) is 31.3 Å². The molecule has 1 aliphatic heterocycles. The molecule has 210 valence electrons. The van der Waals surface area contributed by atoms with Crippen molar-refractivity contribution in [3.8, 4) is 22.8 Å². The zero-order valence-corrected chi connectivity index (χ0v) is 21.0. The van der Waals surface area contributed by atoms with E-state index in [4.69, 9.17) is 10.5 Å². The Hall–Kier alpha value is -4.88. The van der Waals surface area contributed by atoms with Crippen molar-refractivity contribution in [2.75, 3.05) is 5.73 Å². The molecular weight excluding hydrogens is 551 g/mol. The molecule has 2 amide bonds. The van der Waals surface area contributed by atoms with Crippen LogP contribution in [0.15, 0.2) is 42.7 Å². The fraction of sp³-hybridized carbons (Fsp3) is 0.222. The van der Waals surface area contributed by atoms with Gasteiger partial charge < -0.3 is 10.5 Å². The van der Waals surface area contributed by atoms with Gasteiger partial charge in [0.1, 0.15) is 29.4 Å². The van der Waals surface area contributed by atoms with Crippen molar-refractivity contribution in [1.29, 1.82) is 0 Å². The molecule has 3 heterocycles. The Labute approximate surface area is 228 Å². The van der Waals surface area contributed by atoms with Crippen molar-refractivity contribution in [2.45, 2.75) is 37.8 Å². The van der Waals surface area contributed by atoms with Crippen LogP contribution in [0.4, 0.5) is 27.8 Å². The minimum absolute atomic E-state index is 0.0309. The molecule has 4 aromatic rings. The van der Waals surface area contributed by atoms with Crippen LogP contribution in [0.1, 0.15) is 31.7 Å². The van der Waals surface area contributed by atoms with Gasteiger partial charge in [-0.15, -0.1) is 0 Å². The van der Waals surface area contributed by atoms with E-state index in [1.165, 1.54) is 29.4 Å². The molecule has 0 radical (unpaired) electrons. The maximum absolute atomic E-state index is 15.4. The van der Waals surface area contributed by atoms with Crippen LogP contribution in [-0.4, -0.2) is 42.5 Å². The Balaban J connectivity index is 1.31. The van der Waals surface area contributed by atoms with Gasteiger partial charge in [-0.1, -0.05) is 0 Å². The molecule has 2 aromatic carbocycles. The number of nitrogens with two attached hydrogens (primary N) is 1. The van der Waals surface area contributed by atoms with Gasteiger partial charge in [0.25, 0.3) is 11.8 Å². The molecule has 1 saturated carbocycles. The number of benzene rings is 2. The molecule has 0 atom stereocenters. The summed E-state index contributed by atoms with van der Waals surface area (Å²) < 4.78 is 77.1. The largest absolute Gasteiger partial charge is 0.451 e. The van der Waals surface area contributed by atoms with Crippen molar-refractivity contribution < 1.29 is 36.3 Å². The lowest BCUT2D eigenvalue weighted by Crippen LogP contribution is -2.42. The van der Waals surface area contributed by atoms with Gasteiger partial charge >= 0.3 is 0 Å². The second-order valence-electron chi connectivity index (χ2n) is 9.63. The maximum Gasteiger partial charge on any atom is 0.253 e. The number of fused-ring (bicyclic) bond motifs is 1. The SMILES string of the molecule is Nc1ncnc2c1c(-c1ccc(Oc3c(F)c(F)cc(F)c3F)cc1F)nn2C1CCC(N2C(=O)C=CC2=O)CC1. The van der Waals surface area contributed by atoms with E-state index in [1.54, 1.807) is 4.68 Å². The lowest BCUT2D eigenvalue weighted by Gasteiger charge is -2.33. The molecule has 14 heteroatoms. The van der Waals surface area contributed by atoms with Crippen LogP contribution in [-0.2, 0) is 9.59 Å². The first-order valence-corrected chi connectivity index (χ1v) is 12.5. The van der Waals surface area contributed by atoms with Crippen molar-refractivity contribution in [3.63, 3.8) is 0 Å². The van der Waals surface area contributed by atoms with Crippen LogP contribution in [0, 0.1) is 29.1 Å². The molecule has 9 nitrogen and oxygen atoms in total. The molecule has 2 N–H and O–H groups in total. The van der Waals surface area contributed by atoms with E-state index < -0.39 is 40.6 Å². The number of carbonyl (C=O) groups excluding carboxylic acids is 2. The van der Waals surface area contributed by atoms with E-state index in [1.807, 2.05) is 0 Å². The van der Waals surface area contributed by atoms with E-state index in [2.05, 4.69) is 15.1 Å². The van der Waals surface area contributed by atoms with Gasteiger partial charge in [0.2, 0.25) is 17.4 Å². The number of carbonyl (C=O) groups is 2. The highest BCUT2D eigenvalue weighted by Gasteiger charge is 2.35. The number of halogens is 5. The summed E-state index contributed by atoms with van der Waals surface area (Å²) in [4.78, 5) is 33.7.